The summed E-state index contributed by atoms with van der Waals surface area (Å²) in [4.78, 5) is 0. The van der Waals surface area contributed by atoms with Gasteiger partial charge in [0.1, 0.15) is 5.58 Å². The van der Waals surface area contributed by atoms with E-state index in [1.54, 1.807) is 6.26 Å². The van der Waals surface area contributed by atoms with Gasteiger partial charge in [0.25, 0.3) is 0 Å². The normalized spacial score (nSPS) is 11.6. The number of fused-ring (bicyclic) bond motifs is 3. The van der Waals surface area contributed by atoms with Crippen LogP contribution in [0.3, 0.4) is 0 Å². The number of hydrogen-bond acceptors (Lipinski definition) is 3. The fourth-order valence-corrected chi connectivity index (χ4v) is 2.33. The number of aryl methyl sites for hydroxylation is 1. The van der Waals surface area contributed by atoms with Crippen molar-refractivity contribution in [2.45, 2.75) is 19.9 Å². The zero-order valence-electron chi connectivity index (χ0n) is 9.81. The second-order valence-corrected chi connectivity index (χ2v) is 4.11. The molecule has 0 bridgehead atoms. The minimum atomic E-state index is 0.591. The SMILES string of the molecule is CCc1nn(CCN)c2c1ccc1occc12. The van der Waals surface area contributed by atoms with E-state index < -0.39 is 0 Å². The summed E-state index contributed by atoms with van der Waals surface area (Å²) in [5, 5.41) is 6.94. The Morgan fingerprint density at radius 3 is 2.94 bits per heavy atom. The van der Waals surface area contributed by atoms with Crippen molar-refractivity contribution in [3.63, 3.8) is 0 Å². The minimum absolute atomic E-state index is 0.591. The van der Waals surface area contributed by atoms with Crippen molar-refractivity contribution in [3.8, 4) is 0 Å². The number of aromatic nitrogens is 2. The van der Waals surface area contributed by atoms with E-state index in [9.17, 15) is 0 Å². The van der Waals surface area contributed by atoms with Gasteiger partial charge in [-0.25, -0.2) is 0 Å². The lowest BCUT2D eigenvalue weighted by Gasteiger charge is -2.01. The van der Waals surface area contributed by atoms with Crippen molar-refractivity contribution in [2.24, 2.45) is 5.73 Å². The van der Waals surface area contributed by atoms with Gasteiger partial charge in [-0.1, -0.05) is 6.92 Å². The third kappa shape index (κ3) is 1.45. The smallest absolute Gasteiger partial charge is 0.136 e. The maximum atomic E-state index is 5.64. The molecular weight excluding hydrogens is 214 g/mol. The van der Waals surface area contributed by atoms with Gasteiger partial charge >= 0.3 is 0 Å². The Labute approximate surface area is 99.0 Å². The van der Waals surface area contributed by atoms with E-state index in [-0.39, 0.29) is 0 Å². The van der Waals surface area contributed by atoms with Crippen LogP contribution in [-0.2, 0) is 13.0 Å². The third-order valence-corrected chi connectivity index (χ3v) is 3.09. The van der Waals surface area contributed by atoms with Crippen LogP contribution >= 0.6 is 0 Å². The minimum Gasteiger partial charge on any atom is -0.464 e. The van der Waals surface area contributed by atoms with Gasteiger partial charge in [-0.05, 0) is 24.6 Å². The van der Waals surface area contributed by atoms with E-state index in [0.717, 1.165) is 35.1 Å². The lowest BCUT2D eigenvalue weighted by atomic mass is 10.1. The summed E-state index contributed by atoms with van der Waals surface area (Å²) >= 11 is 0. The standard InChI is InChI=1S/C13H15N3O/c1-2-11-9-3-4-12-10(5-8-17-12)13(9)16(15-11)7-6-14/h3-5,8H,2,6-7,14H2,1H3. The highest BCUT2D eigenvalue weighted by Gasteiger charge is 2.12. The predicted octanol–water partition coefficient (Wildman–Crippen LogP) is 2.30. The van der Waals surface area contributed by atoms with Gasteiger partial charge in [0, 0.05) is 17.3 Å². The summed E-state index contributed by atoms with van der Waals surface area (Å²) < 4.78 is 7.42. The summed E-state index contributed by atoms with van der Waals surface area (Å²) in [5.74, 6) is 0. The Bertz CT molecular complexity index is 666. The van der Waals surface area contributed by atoms with Crippen molar-refractivity contribution in [3.05, 3.63) is 30.2 Å². The molecule has 0 fully saturated rings. The molecule has 0 aliphatic heterocycles. The maximum Gasteiger partial charge on any atom is 0.136 e. The van der Waals surface area contributed by atoms with Crippen LogP contribution in [0.25, 0.3) is 21.9 Å². The second kappa shape index (κ2) is 3.89. The van der Waals surface area contributed by atoms with Gasteiger partial charge in [-0.2, -0.15) is 5.10 Å². The first kappa shape index (κ1) is 10.4. The molecule has 0 spiro atoms. The third-order valence-electron chi connectivity index (χ3n) is 3.09. The molecular formula is C13H15N3O. The number of nitrogens with two attached hydrogens (primary N) is 1. The zero-order valence-corrected chi connectivity index (χ0v) is 9.81. The Morgan fingerprint density at radius 2 is 2.18 bits per heavy atom. The average molecular weight is 229 g/mol. The fourth-order valence-electron chi connectivity index (χ4n) is 2.33. The molecule has 17 heavy (non-hydrogen) atoms. The van der Waals surface area contributed by atoms with E-state index in [1.165, 1.54) is 5.39 Å². The lowest BCUT2D eigenvalue weighted by Crippen LogP contribution is -2.11. The molecule has 88 valence electrons. The predicted molar refractivity (Wildman–Crippen MR) is 67.9 cm³/mol. The summed E-state index contributed by atoms with van der Waals surface area (Å²) in [6.07, 6.45) is 2.65. The topological polar surface area (TPSA) is 57.0 Å². The summed E-state index contributed by atoms with van der Waals surface area (Å²) in [5.41, 5.74) is 8.80. The molecule has 0 aliphatic carbocycles. The largest absolute Gasteiger partial charge is 0.464 e. The molecule has 0 atom stereocenters. The highest BCUT2D eigenvalue weighted by molar-refractivity contribution is 6.04. The molecule has 0 amide bonds. The van der Waals surface area contributed by atoms with Crippen molar-refractivity contribution in [1.29, 1.82) is 0 Å². The highest BCUT2D eigenvalue weighted by Crippen LogP contribution is 2.28. The molecule has 0 radical (unpaired) electrons. The quantitative estimate of drug-likeness (QED) is 0.749. The second-order valence-electron chi connectivity index (χ2n) is 4.11. The van der Waals surface area contributed by atoms with Crippen LogP contribution in [0.4, 0.5) is 0 Å². The Balaban J connectivity index is 2.41. The summed E-state index contributed by atoms with van der Waals surface area (Å²) in [6.45, 7) is 3.45. The number of rotatable bonds is 3. The number of furan rings is 1. The van der Waals surface area contributed by atoms with Crippen molar-refractivity contribution >= 4 is 21.9 Å². The molecule has 0 saturated carbocycles. The van der Waals surface area contributed by atoms with Gasteiger partial charge in [0.05, 0.1) is 24.0 Å². The number of nitrogens with zero attached hydrogens (tertiary/aromatic N) is 2. The maximum absolute atomic E-state index is 5.64. The van der Waals surface area contributed by atoms with Gasteiger partial charge in [-0.15, -0.1) is 0 Å². The summed E-state index contributed by atoms with van der Waals surface area (Å²) in [7, 11) is 0. The first-order chi connectivity index (χ1) is 8.35. The van der Waals surface area contributed by atoms with E-state index in [1.807, 2.05) is 16.8 Å². The van der Waals surface area contributed by atoms with Crippen LogP contribution in [0, 0.1) is 0 Å². The van der Waals surface area contributed by atoms with Crippen LogP contribution in [0.15, 0.2) is 28.9 Å². The Morgan fingerprint density at radius 1 is 1.29 bits per heavy atom. The highest BCUT2D eigenvalue weighted by atomic mass is 16.3. The average Bonchev–Trinajstić information content (AvgIpc) is 2.92. The molecule has 3 aromatic rings. The van der Waals surface area contributed by atoms with E-state index in [4.69, 9.17) is 10.2 Å². The Kier molecular flexibility index (Phi) is 2.37. The van der Waals surface area contributed by atoms with E-state index in [2.05, 4.69) is 18.1 Å². The van der Waals surface area contributed by atoms with Crippen LogP contribution in [0.5, 0.6) is 0 Å². The molecule has 0 saturated heterocycles. The molecule has 4 heteroatoms. The van der Waals surface area contributed by atoms with Crippen LogP contribution in [-0.4, -0.2) is 16.3 Å². The monoisotopic (exact) mass is 229 g/mol. The van der Waals surface area contributed by atoms with E-state index in [0.29, 0.717) is 6.54 Å². The van der Waals surface area contributed by atoms with Gasteiger partial charge < -0.3 is 10.2 Å². The molecule has 0 unspecified atom stereocenters. The first-order valence-corrected chi connectivity index (χ1v) is 5.90. The molecule has 1 aromatic carbocycles. The van der Waals surface area contributed by atoms with Crippen molar-refractivity contribution < 1.29 is 4.42 Å². The zero-order chi connectivity index (χ0) is 11.8. The van der Waals surface area contributed by atoms with Gasteiger partial charge in [-0.3, -0.25) is 4.68 Å². The molecule has 0 aliphatic rings. The van der Waals surface area contributed by atoms with Crippen molar-refractivity contribution in [2.75, 3.05) is 6.54 Å². The number of hydrogen-bond donors (Lipinski definition) is 1. The molecule has 2 aromatic heterocycles. The first-order valence-electron chi connectivity index (χ1n) is 5.90. The number of benzene rings is 1. The van der Waals surface area contributed by atoms with Crippen LogP contribution in [0.1, 0.15) is 12.6 Å². The van der Waals surface area contributed by atoms with E-state index >= 15 is 0 Å². The van der Waals surface area contributed by atoms with Crippen LogP contribution < -0.4 is 5.73 Å². The molecule has 2 heterocycles. The van der Waals surface area contributed by atoms with Crippen molar-refractivity contribution in [1.82, 2.24) is 9.78 Å². The lowest BCUT2D eigenvalue weighted by molar-refractivity contribution is 0.615. The fraction of sp³-hybridized carbons (Fsp3) is 0.308. The van der Waals surface area contributed by atoms with Gasteiger partial charge in [0.2, 0.25) is 0 Å². The Hall–Kier alpha value is -1.81. The van der Waals surface area contributed by atoms with Gasteiger partial charge in [0.15, 0.2) is 0 Å². The summed E-state index contributed by atoms with van der Waals surface area (Å²) in [6, 6.07) is 6.08. The van der Waals surface area contributed by atoms with Crippen LogP contribution in [0.2, 0.25) is 0 Å². The molecule has 2 N–H and O–H groups in total. The molecule has 3 rings (SSSR count). The molecule has 4 nitrogen and oxygen atoms in total.